The monoisotopic (exact) mass is 390 g/mol. The number of rotatable bonds is 3. The van der Waals surface area contributed by atoms with Gasteiger partial charge in [-0.1, -0.05) is 27.3 Å². The second kappa shape index (κ2) is 5.83. The molecule has 21 heavy (non-hydrogen) atoms. The lowest BCUT2D eigenvalue weighted by Gasteiger charge is -2.31. The van der Waals surface area contributed by atoms with Crippen molar-refractivity contribution in [1.82, 2.24) is 4.98 Å². The summed E-state index contributed by atoms with van der Waals surface area (Å²) in [5, 5.41) is 0.921. The molecule has 8 heteroatoms. The Morgan fingerprint density at radius 2 is 2.29 bits per heavy atom. The fraction of sp³-hybridized carbons (Fsp3) is 0.462. The lowest BCUT2D eigenvalue weighted by molar-refractivity contribution is 0.188. The van der Waals surface area contributed by atoms with Crippen molar-refractivity contribution < 1.29 is 12.6 Å². The maximum absolute atomic E-state index is 11.3. The van der Waals surface area contributed by atoms with Gasteiger partial charge in [0.15, 0.2) is 5.13 Å². The Morgan fingerprint density at radius 3 is 3.05 bits per heavy atom. The topological polar surface area (TPSA) is 59.5 Å². The number of fused-ring (bicyclic) bond motifs is 1. The maximum atomic E-state index is 11.3. The van der Waals surface area contributed by atoms with Gasteiger partial charge in [0.2, 0.25) is 0 Å². The van der Waals surface area contributed by atoms with Gasteiger partial charge in [-0.3, -0.25) is 4.18 Å². The molecule has 0 radical (unpaired) electrons. The number of hydrogen-bond acceptors (Lipinski definition) is 6. The van der Waals surface area contributed by atoms with Gasteiger partial charge in [0, 0.05) is 17.6 Å². The van der Waals surface area contributed by atoms with Crippen LogP contribution in [0.15, 0.2) is 22.7 Å². The number of aromatic nitrogens is 1. The summed E-state index contributed by atoms with van der Waals surface area (Å²) in [4.78, 5) is 6.74. The summed E-state index contributed by atoms with van der Waals surface area (Å²) in [7, 11) is -3.41. The van der Waals surface area contributed by atoms with Crippen LogP contribution in [0.25, 0.3) is 10.2 Å². The van der Waals surface area contributed by atoms with E-state index >= 15 is 0 Å². The minimum absolute atomic E-state index is 0.285. The van der Waals surface area contributed by atoms with Crippen LogP contribution in [0.2, 0.25) is 0 Å². The van der Waals surface area contributed by atoms with Crippen LogP contribution < -0.4 is 4.90 Å². The molecule has 3 rings (SSSR count). The second-order valence-corrected chi connectivity index (χ2v) is 8.64. The summed E-state index contributed by atoms with van der Waals surface area (Å²) >= 11 is 5.08. The normalized spacial score (nSPS) is 20.1. The SMILES string of the molecule is CS(=O)(=O)O[C@@H]1CCCN(c2nc3ccc(Br)cc3s2)C1. The Kier molecular flexibility index (Phi) is 4.22. The van der Waals surface area contributed by atoms with E-state index in [9.17, 15) is 8.42 Å². The molecule has 0 N–H and O–H groups in total. The maximum Gasteiger partial charge on any atom is 0.264 e. The van der Waals surface area contributed by atoms with Crippen LogP contribution in [0.3, 0.4) is 0 Å². The van der Waals surface area contributed by atoms with Gasteiger partial charge in [0.05, 0.1) is 22.6 Å². The van der Waals surface area contributed by atoms with Crippen molar-refractivity contribution in [3.63, 3.8) is 0 Å². The summed E-state index contributed by atoms with van der Waals surface area (Å²) < 4.78 is 29.8. The van der Waals surface area contributed by atoms with Crippen LogP contribution >= 0.6 is 27.3 Å². The largest absolute Gasteiger partial charge is 0.345 e. The van der Waals surface area contributed by atoms with Gasteiger partial charge in [-0.15, -0.1) is 0 Å². The second-order valence-electron chi connectivity index (χ2n) is 5.12. The van der Waals surface area contributed by atoms with Crippen LogP contribution in [0.5, 0.6) is 0 Å². The molecule has 1 saturated heterocycles. The molecule has 0 spiro atoms. The van der Waals surface area contributed by atoms with Crippen LogP contribution in [0, 0.1) is 0 Å². The highest BCUT2D eigenvalue weighted by atomic mass is 79.9. The third kappa shape index (κ3) is 3.74. The molecule has 1 aliphatic rings. The van der Waals surface area contributed by atoms with E-state index in [4.69, 9.17) is 4.18 Å². The predicted molar refractivity (Wildman–Crippen MR) is 88.5 cm³/mol. The van der Waals surface area contributed by atoms with Crippen molar-refractivity contribution in [1.29, 1.82) is 0 Å². The standard InChI is InChI=1S/C13H15BrN2O3S2/c1-21(17,18)19-10-3-2-6-16(8-10)13-15-11-5-4-9(14)7-12(11)20-13/h4-5,7,10H,2-3,6,8H2,1H3/t10-/m1/s1. The fourth-order valence-electron chi connectivity index (χ4n) is 2.46. The van der Waals surface area contributed by atoms with Crippen LogP contribution in [0.4, 0.5) is 5.13 Å². The average Bonchev–Trinajstić information content (AvgIpc) is 2.80. The number of benzene rings is 1. The zero-order valence-corrected chi connectivity index (χ0v) is 14.7. The summed E-state index contributed by atoms with van der Waals surface area (Å²) in [5.41, 5.74) is 0.962. The molecule has 1 fully saturated rings. The first-order chi connectivity index (χ1) is 9.90. The molecule has 0 aliphatic carbocycles. The Hall–Kier alpha value is -0.700. The van der Waals surface area contributed by atoms with E-state index in [1.807, 2.05) is 18.2 Å². The predicted octanol–water partition coefficient (Wildman–Crippen LogP) is 3.00. The quantitative estimate of drug-likeness (QED) is 0.753. The van der Waals surface area contributed by atoms with Crippen LogP contribution in [0.1, 0.15) is 12.8 Å². The number of anilines is 1. The molecule has 2 heterocycles. The molecule has 5 nitrogen and oxygen atoms in total. The highest BCUT2D eigenvalue weighted by molar-refractivity contribution is 9.10. The van der Waals surface area contributed by atoms with E-state index in [0.717, 1.165) is 45.5 Å². The molecule has 0 bridgehead atoms. The summed E-state index contributed by atoms with van der Waals surface area (Å²) in [6.45, 7) is 1.44. The molecule has 1 aromatic heterocycles. The highest BCUT2D eigenvalue weighted by Gasteiger charge is 2.25. The summed E-state index contributed by atoms with van der Waals surface area (Å²) in [5.74, 6) is 0. The number of halogens is 1. The van der Waals surface area contributed by atoms with E-state index in [0.29, 0.717) is 6.54 Å². The number of hydrogen-bond donors (Lipinski definition) is 0. The van der Waals surface area contributed by atoms with E-state index in [-0.39, 0.29) is 6.10 Å². The first kappa shape index (κ1) is 15.2. The first-order valence-electron chi connectivity index (χ1n) is 6.60. The third-order valence-corrected chi connectivity index (χ3v) is 5.49. The highest BCUT2D eigenvalue weighted by Crippen LogP contribution is 2.32. The van der Waals surface area contributed by atoms with Gasteiger partial charge >= 0.3 is 0 Å². The third-order valence-electron chi connectivity index (χ3n) is 3.30. The molecule has 0 amide bonds. The van der Waals surface area contributed by atoms with Gasteiger partial charge in [-0.25, -0.2) is 4.98 Å². The molecule has 1 atom stereocenters. The Balaban J connectivity index is 1.81. The van der Waals surface area contributed by atoms with Crippen molar-refractivity contribution in [2.75, 3.05) is 24.2 Å². The van der Waals surface area contributed by atoms with E-state index in [1.54, 1.807) is 11.3 Å². The van der Waals surface area contributed by atoms with Gasteiger partial charge in [0.1, 0.15) is 0 Å². The zero-order valence-electron chi connectivity index (χ0n) is 11.5. The van der Waals surface area contributed by atoms with E-state index in [1.165, 1.54) is 0 Å². The lowest BCUT2D eigenvalue weighted by atomic mass is 10.1. The van der Waals surface area contributed by atoms with Crippen LogP contribution in [-0.2, 0) is 14.3 Å². The molecule has 0 saturated carbocycles. The smallest absolute Gasteiger partial charge is 0.264 e. The summed E-state index contributed by atoms with van der Waals surface area (Å²) in [6, 6.07) is 6.00. The van der Waals surface area contributed by atoms with Crippen molar-refractivity contribution in [3.05, 3.63) is 22.7 Å². The molecular weight excluding hydrogens is 376 g/mol. The Bertz CT molecular complexity index is 760. The van der Waals surface area contributed by atoms with Gasteiger partial charge in [0.25, 0.3) is 10.1 Å². The van der Waals surface area contributed by atoms with Crippen molar-refractivity contribution in [3.8, 4) is 0 Å². The van der Waals surface area contributed by atoms with Gasteiger partial charge < -0.3 is 4.90 Å². The Labute approximate surface area is 136 Å². The minimum atomic E-state index is -3.41. The molecule has 0 unspecified atom stereocenters. The van der Waals surface area contributed by atoms with Crippen LogP contribution in [-0.4, -0.2) is 38.9 Å². The molecule has 114 valence electrons. The minimum Gasteiger partial charge on any atom is -0.345 e. The molecule has 2 aromatic rings. The Morgan fingerprint density at radius 1 is 1.48 bits per heavy atom. The zero-order chi connectivity index (χ0) is 15.0. The number of thiazole rings is 1. The first-order valence-corrected chi connectivity index (χ1v) is 10.0. The van der Waals surface area contributed by atoms with Crippen molar-refractivity contribution in [2.45, 2.75) is 18.9 Å². The van der Waals surface area contributed by atoms with Gasteiger partial charge in [-0.2, -0.15) is 8.42 Å². The summed E-state index contributed by atoms with van der Waals surface area (Å²) in [6.07, 6.45) is 2.48. The van der Waals surface area contributed by atoms with Crippen molar-refractivity contribution in [2.24, 2.45) is 0 Å². The molecule has 1 aromatic carbocycles. The van der Waals surface area contributed by atoms with Crippen molar-refractivity contribution >= 4 is 52.7 Å². The number of nitrogens with zero attached hydrogens (tertiary/aromatic N) is 2. The van der Waals surface area contributed by atoms with E-state index < -0.39 is 10.1 Å². The van der Waals surface area contributed by atoms with E-state index in [2.05, 4.69) is 25.8 Å². The number of piperidine rings is 1. The molecular formula is C13H15BrN2O3S2. The molecule has 1 aliphatic heterocycles. The average molecular weight is 391 g/mol. The lowest BCUT2D eigenvalue weighted by Crippen LogP contribution is -2.40. The van der Waals surface area contributed by atoms with Gasteiger partial charge in [-0.05, 0) is 31.0 Å². The fourth-order valence-corrected chi connectivity index (χ4v) is 4.66.